The van der Waals surface area contributed by atoms with Gasteiger partial charge in [-0.25, -0.2) is 5.43 Å². The third-order valence-corrected chi connectivity index (χ3v) is 8.82. The first-order valence-electron chi connectivity index (χ1n) is 12.8. The number of nitrogens with one attached hydrogen (secondary N) is 3. The van der Waals surface area contributed by atoms with Gasteiger partial charge in [0.1, 0.15) is 11.5 Å². The molecule has 1 saturated carbocycles. The summed E-state index contributed by atoms with van der Waals surface area (Å²) in [6, 6.07) is 9.82. The van der Waals surface area contributed by atoms with Crippen LogP contribution in [0.2, 0.25) is 10.0 Å². The smallest absolute Gasteiger partial charge is 0.252 e. The van der Waals surface area contributed by atoms with E-state index < -0.39 is 0 Å². The van der Waals surface area contributed by atoms with Crippen molar-refractivity contribution in [2.45, 2.75) is 37.4 Å². The van der Waals surface area contributed by atoms with Gasteiger partial charge in [-0.3, -0.25) is 10.2 Å². The number of piperazine rings is 1. The normalized spacial score (nSPS) is 26.0. The van der Waals surface area contributed by atoms with Gasteiger partial charge in [-0.15, -0.1) is 0 Å². The maximum absolute atomic E-state index is 13.2. The number of fused-ring (bicyclic) bond motifs is 1. The summed E-state index contributed by atoms with van der Waals surface area (Å²) in [5, 5.41) is 4.28. The molecule has 0 radical (unpaired) electrons. The average Bonchev–Trinajstić information content (AvgIpc) is 3.31. The Labute approximate surface area is 228 Å². The lowest BCUT2D eigenvalue weighted by atomic mass is 9.75. The van der Waals surface area contributed by atoms with Crippen molar-refractivity contribution in [1.29, 1.82) is 0 Å². The number of hydrazine groups is 1. The number of carbonyl (C=O) groups is 1. The van der Waals surface area contributed by atoms with Crippen LogP contribution in [0.3, 0.4) is 0 Å². The van der Waals surface area contributed by atoms with Crippen molar-refractivity contribution in [2.24, 2.45) is 5.92 Å². The molecule has 200 valence electrons. The average molecular weight is 549 g/mol. The highest BCUT2D eigenvalue weighted by Gasteiger charge is 2.42. The van der Waals surface area contributed by atoms with Crippen LogP contribution in [0.5, 0.6) is 11.5 Å². The van der Waals surface area contributed by atoms with E-state index in [0.29, 0.717) is 27.1 Å². The van der Waals surface area contributed by atoms with Crippen LogP contribution in [0, 0.1) is 5.92 Å². The highest BCUT2D eigenvalue weighted by Crippen LogP contribution is 2.49. The summed E-state index contributed by atoms with van der Waals surface area (Å²) < 4.78 is 10.9. The second kappa shape index (κ2) is 11.3. The van der Waals surface area contributed by atoms with E-state index in [9.17, 15) is 4.79 Å². The molecule has 37 heavy (non-hydrogen) atoms. The minimum atomic E-state index is -0.156. The van der Waals surface area contributed by atoms with E-state index in [1.807, 2.05) is 18.2 Å². The molecule has 2 aromatic carbocycles. The fraction of sp³-hybridized carbons (Fsp3) is 0.519. The van der Waals surface area contributed by atoms with E-state index in [2.05, 4.69) is 39.1 Å². The van der Waals surface area contributed by atoms with Crippen molar-refractivity contribution < 1.29 is 14.3 Å². The number of benzene rings is 2. The van der Waals surface area contributed by atoms with Gasteiger partial charge in [0.25, 0.3) is 5.91 Å². The Morgan fingerprint density at radius 1 is 1.00 bits per heavy atom. The largest absolute Gasteiger partial charge is 0.495 e. The first-order valence-corrected chi connectivity index (χ1v) is 13.6. The SMILES string of the molecule is COc1cc(OC)c(Cl)c(C2CCC3C(C2)NNC3NC(=O)c2cccc(N3CCN(C)CC3)c2)c1Cl. The number of carbonyl (C=O) groups excluding carboxylic acids is 1. The second-order valence-electron chi connectivity index (χ2n) is 10.2. The van der Waals surface area contributed by atoms with Crippen molar-refractivity contribution in [1.82, 2.24) is 21.1 Å². The van der Waals surface area contributed by atoms with Crippen molar-refractivity contribution in [3.63, 3.8) is 0 Å². The van der Waals surface area contributed by atoms with Gasteiger partial charge in [-0.1, -0.05) is 29.3 Å². The van der Waals surface area contributed by atoms with Crippen LogP contribution in [0.15, 0.2) is 30.3 Å². The summed E-state index contributed by atoms with van der Waals surface area (Å²) in [5.41, 5.74) is 9.36. The van der Waals surface area contributed by atoms with Gasteiger partial charge in [0.2, 0.25) is 0 Å². The van der Waals surface area contributed by atoms with E-state index in [1.165, 1.54) is 0 Å². The minimum Gasteiger partial charge on any atom is -0.495 e. The number of nitrogens with zero attached hydrogens (tertiary/aromatic N) is 2. The lowest BCUT2D eigenvalue weighted by molar-refractivity contribution is 0.0915. The molecule has 2 heterocycles. The Hall–Kier alpha value is -2.23. The maximum Gasteiger partial charge on any atom is 0.252 e. The fourth-order valence-corrected chi connectivity index (χ4v) is 6.67. The lowest BCUT2D eigenvalue weighted by Crippen LogP contribution is -2.47. The molecule has 2 aromatic rings. The zero-order valence-electron chi connectivity index (χ0n) is 21.5. The molecule has 0 aromatic heterocycles. The summed E-state index contributed by atoms with van der Waals surface area (Å²) in [7, 11) is 5.32. The molecule has 4 atom stereocenters. The Balaban J connectivity index is 1.25. The van der Waals surface area contributed by atoms with E-state index in [1.54, 1.807) is 20.3 Å². The summed E-state index contributed by atoms with van der Waals surface area (Å²) in [4.78, 5) is 17.9. The predicted octanol–water partition coefficient (Wildman–Crippen LogP) is 3.88. The summed E-state index contributed by atoms with van der Waals surface area (Å²) >= 11 is 13.4. The van der Waals surface area contributed by atoms with Crippen molar-refractivity contribution in [3.05, 3.63) is 51.5 Å². The lowest BCUT2D eigenvalue weighted by Gasteiger charge is -2.34. The Bertz CT molecular complexity index is 1110. The molecular weight excluding hydrogens is 513 g/mol. The standard InChI is InChI=1S/C27H35Cl2N5O3/c1-33-9-11-34(12-10-33)18-6-4-5-17(13-18)27(35)30-26-19-8-7-16(14-20(19)31-32-26)23-24(28)21(36-2)15-22(37-3)25(23)29/h4-6,13,15-16,19-20,26,31-32H,7-12,14H2,1-3H3,(H,30,35). The van der Waals surface area contributed by atoms with E-state index in [0.717, 1.165) is 56.7 Å². The third-order valence-electron chi connectivity index (χ3n) is 8.04. The molecule has 1 aliphatic carbocycles. The van der Waals surface area contributed by atoms with E-state index in [-0.39, 0.29) is 30.0 Å². The van der Waals surface area contributed by atoms with Crippen LogP contribution in [-0.4, -0.2) is 70.5 Å². The van der Waals surface area contributed by atoms with E-state index in [4.69, 9.17) is 32.7 Å². The van der Waals surface area contributed by atoms with Crippen LogP contribution in [0.1, 0.15) is 41.1 Å². The molecule has 2 aliphatic heterocycles. The topological polar surface area (TPSA) is 78.1 Å². The van der Waals surface area contributed by atoms with Crippen LogP contribution in [0.4, 0.5) is 5.69 Å². The summed E-state index contributed by atoms with van der Waals surface area (Å²) in [6.45, 7) is 3.98. The third kappa shape index (κ3) is 5.36. The van der Waals surface area contributed by atoms with Crippen molar-refractivity contribution >= 4 is 34.8 Å². The molecular formula is C27H35Cl2N5O3. The molecule has 2 saturated heterocycles. The fourth-order valence-electron chi connectivity index (χ4n) is 5.86. The predicted molar refractivity (Wildman–Crippen MR) is 147 cm³/mol. The van der Waals surface area contributed by atoms with Gasteiger partial charge in [0.15, 0.2) is 0 Å². The number of methoxy groups -OCH3 is 2. The molecule has 3 N–H and O–H groups in total. The summed E-state index contributed by atoms with van der Waals surface area (Å²) in [6.07, 6.45) is 2.48. The second-order valence-corrected chi connectivity index (χ2v) is 10.9. The van der Waals surface area contributed by atoms with Crippen LogP contribution in [0.25, 0.3) is 0 Å². The number of likely N-dealkylation sites (N-methyl/N-ethyl adjacent to an activating group) is 1. The zero-order chi connectivity index (χ0) is 26.1. The molecule has 0 spiro atoms. The number of anilines is 1. The van der Waals surface area contributed by atoms with Crippen molar-refractivity contribution in [3.8, 4) is 11.5 Å². The molecule has 1 amide bonds. The van der Waals surface area contributed by atoms with Gasteiger partial charge < -0.3 is 24.6 Å². The van der Waals surface area contributed by atoms with Gasteiger partial charge in [0.05, 0.1) is 30.4 Å². The number of ether oxygens (including phenoxy) is 2. The summed E-state index contributed by atoms with van der Waals surface area (Å²) in [5.74, 6) is 1.45. The highest BCUT2D eigenvalue weighted by molar-refractivity contribution is 6.38. The maximum atomic E-state index is 13.2. The van der Waals surface area contributed by atoms with E-state index >= 15 is 0 Å². The monoisotopic (exact) mass is 547 g/mol. The quantitative estimate of drug-likeness (QED) is 0.506. The van der Waals surface area contributed by atoms with Crippen molar-refractivity contribution in [2.75, 3.05) is 52.3 Å². The number of hydrogen-bond acceptors (Lipinski definition) is 7. The van der Waals surface area contributed by atoms with Gasteiger partial charge in [0, 0.05) is 61.0 Å². The number of rotatable bonds is 6. The molecule has 3 fully saturated rings. The van der Waals surface area contributed by atoms with Gasteiger partial charge >= 0.3 is 0 Å². The zero-order valence-corrected chi connectivity index (χ0v) is 23.0. The number of hydrogen-bond donors (Lipinski definition) is 3. The Morgan fingerprint density at radius 3 is 2.38 bits per heavy atom. The Kier molecular flexibility index (Phi) is 8.02. The molecule has 8 nitrogen and oxygen atoms in total. The molecule has 10 heteroatoms. The number of halogens is 2. The first kappa shape index (κ1) is 26.4. The van der Waals surface area contributed by atoms with Crippen LogP contribution >= 0.6 is 23.2 Å². The highest BCUT2D eigenvalue weighted by atomic mass is 35.5. The molecule has 3 aliphatic rings. The van der Waals surface area contributed by atoms with Gasteiger partial charge in [-0.05, 0) is 50.4 Å². The van der Waals surface area contributed by atoms with Crippen LogP contribution < -0.4 is 30.5 Å². The Morgan fingerprint density at radius 2 is 1.70 bits per heavy atom. The van der Waals surface area contributed by atoms with Gasteiger partial charge in [-0.2, -0.15) is 0 Å². The minimum absolute atomic E-state index is 0.0679. The van der Waals surface area contributed by atoms with Crippen LogP contribution in [-0.2, 0) is 0 Å². The molecule has 4 unspecified atom stereocenters. The molecule has 5 rings (SSSR count). The number of amides is 1. The molecule has 0 bridgehead atoms. The first-order chi connectivity index (χ1) is 17.9.